The Morgan fingerprint density at radius 3 is 2.40 bits per heavy atom. The number of aliphatic hydroxyl groups is 1. The topological polar surface area (TPSA) is 135 Å². The molecule has 0 unspecified atom stereocenters. The van der Waals surface area contributed by atoms with Gasteiger partial charge in [0.05, 0.1) is 50.2 Å². The van der Waals surface area contributed by atoms with Gasteiger partial charge in [-0.1, -0.05) is 0 Å². The van der Waals surface area contributed by atoms with Crippen LogP contribution in [0.4, 0.5) is 0 Å². The van der Waals surface area contributed by atoms with E-state index in [1.165, 1.54) is 30.7 Å². The number of carbonyl (C=O) groups is 3. The van der Waals surface area contributed by atoms with Gasteiger partial charge in [-0.15, -0.1) is 0 Å². The van der Waals surface area contributed by atoms with Crippen molar-refractivity contribution in [1.82, 2.24) is 0 Å². The molecule has 0 fully saturated rings. The molecule has 0 bridgehead atoms. The molecule has 2 atom stereocenters. The third kappa shape index (κ3) is 5.72. The number of ether oxygens (including phenoxy) is 4. The summed E-state index contributed by atoms with van der Waals surface area (Å²) < 4.78 is 31.8. The van der Waals surface area contributed by atoms with Crippen LogP contribution in [0.3, 0.4) is 0 Å². The summed E-state index contributed by atoms with van der Waals surface area (Å²) in [6.07, 6.45) is 3.29. The Kier molecular flexibility index (Phi) is 8.69. The van der Waals surface area contributed by atoms with E-state index in [-0.39, 0.29) is 48.0 Å². The average molecular weight is 486 g/mol. The van der Waals surface area contributed by atoms with E-state index in [1.54, 1.807) is 26.8 Å². The predicted molar refractivity (Wildman–Crippen MR) is 122 cm³/mol. The first-order valence-corrected chi connectivity index (χ1v) is 11.0. The Labute approximate surface area is 201 Å². The van der Waals surface area contributed by atoms with Crippen molar-refractivity contribution in [2.24, 2.45) is 0 Å². The summed E-state index contributed by atoms with van der Waals surface area (Å²) in [4.78, 5) is 37.5. The highest BCUT2D eigenvalue weighted by molar-refractivity contribution is 6.06. The van der Waals surface area contributed by atoms with Gasteiger partial charge in [-0.3, -0.25) is 4.79 Å². The van der Waals surface area contributed by atoms with Crippen LogP contribution in [0, 0.1) is 0 Å². The second-order valence-corrected chi connectivity index (χ2v) is 7.09. The lowest BCUT2D eigenvalue weighted by Gasteiger charge is -2.23. The minimum absolute atomic E-state index is 0.0118. The second-order valence-electron chi connectivity index (χ2n) is 7.09. The third-order valence-electron chi connectivity index (χ3n) is 4.92. The van der Waals surface area contributed by atoms with Gasteiger partial charge in [-0.05, 0) is 45.0 Å². The minimum Gasteiger partial charge on any atom is -0.467 e. The summed E-state index contributed by atoms with van der Waals surface area (Å²) in [7, 11) is 0. The molecular formula is C25H26O10. The van der Waals surface area contributed by atoms with E-state index in [2.05, 4.69) is 0 Å². The number of rotatable bonds is 11. The van der Waals surface area contributed by atoms with E-state index in [0.29, 0.717) is 5.39 Å². The molecule has 1 N–H and O–H groups in total. The first-order chi connectivity index (χ1) is 16.9. The normalized spacial score (nSPS) is 12.9. The molecule has 1 aromatic carbocycles. The van der Waals surface area contributed by atoms with Crippen molar-refractivity contribution >= 4 is 28.9 Å². The Morgan fingerprint density at radius 1 is 1.00 bits per heavy atom. The van der Waals surface area contributed by atoms with Crippen LogP contribution >= 0.6 is 0 Å². The average Bonchev–Trinajstić information content (AvgIpc) is 3.53. The van der Waals surface area contributed by atoms with E-state index in [1.807, 2.05) is 0 Å². The summed E-state index contributed by atoms with van der Waals surface area (Å²) in [5, 5.41) is 11.4. The smallest absolute Gasteiger partial charge is 0.338 e. The molecule has 0 spiro atoms. The van der Waals surface area contributed by atoms with Gasteiger partial charge in [0.1, 0.15) is 17.8 Å². The van der Waals surface area contributed by atoms with Gasteiger partial charge in [0, 0.05) is 10.9 Å². The third-order valence-corrected chi connectivity index (χ3v) is 4.92. The SMILES string of the molecule is CCOC(=O)/C=C/Oc1c([C@H](C(=O)OCC)[C@@H](O)c2ccco2)cc(C(=O)OCC)c2ccoc12. The fraction of sp³-hybridized carbons (Fsp3) is 0.320. The molecule has 0 saturated heterocycles. The molecule has 2 aromatic heterocycles. The maximum absolute atomic E-state index is 13.1. The molecule has 186 valence electrons. The lowest BCUT2D eigenvalue weighted by Crippen LogP contribution is -2.24. The van der Waals surface area contributed by atoms with Crippen molar-refractivity contribution in [3.05, 3.63) is 66.0 Å². The molecule has 10 nitrogen and oxygen atoms in total. The minimum atomic E-state index is -1.50. The molecule has 0 aliphatic carbocycles. The van der Waals surface area contributed by atoms with E-state index >= 15 is 0 Å². The van der Waals surface area contributed by atoms with Gasteiger partial charge in [0.15, 0.2) is 11.3 Å². The molecule has 3 aromatic rings. The van der Waals surface area contributed by atoms with Crippen LogP contribution in [0.1, 0.15) is 54.5 Å². The Hall–Kier alpha value is -4.05. The molecule has 0 amide bonds. The van der Waals surface area contributed by atoms with Crippen LogP contribution in [0.15, 0.2) is 58.0 Å². The highest BCUT2D eigenvalue weighted by atomic mass is 16.5. The predicted octanol–water partition coefficient (Wildman–Crippen LogP) is 4.04. The van der Waals surface area contributed by atoms with Gasteiger partial charge >= 0.3 is 17.9 Å². The first kappa shape index (κ1) is 25.6. The number of fused-ring (bicyclic) bond motifs is 1. The van der Waals surface area contributed by atoms with Crippen molar-refractivity contribution in [2.45, 2.75) is 32.8 Å². The van der Waals surface area contributed by atoms with Crippen molar-refractivity contribution in [3.63, 3.8) is 0 Å². The number of carbonyl (C=O) groups excluding carboxylic acids is 3. The van der Waals surface area contributed by atoms with Crippen LogP contribution < -0.4 is 4.74 Å². The highest BCUT2D eigenvalue weighted by Gasteiger charge is 2.37. The zero-order chi connectivity index (χ0) is 25.4. The van der Waals surface area contributed by atoms with Crippen molar-refractivity contribution in [2.75, 3.05) is 19.8 Å². The summed E-state index contributed by atoms with van der Waals surface area (Å²) in [6, 6.07) is 5.96. The Morgan fingerprint density at radius 2 is 1.74 bits per heavy atom. The monoisotopic (exact) mass is 486 g/mol. The lowest BCUT2D eigenvalue weighted by atomic mass is 9.88. The van der Waals surface area contributed by atoms with Crippen molar-refractivity contribution in [1.29, 1.82) is 0 Å². The zero-order valence-corrected chi connectivity index (χ0v) is 19.5. The molecule has 0 saturated carbocycles. The van der Waals surface area contributed by atoms with Crippen LogP contribution in [0.5, 0.6) is 5.75 Å². The maximum Gasteiger partial charge on any atom is 0.338 e. The van der Waals surface area contributed by atoms with Crippen LogP contribution in [0.2, 0.25) is 0 Å². The van der Waals surface area contributed by atoms with Gasteiger partial charge in [-0.2, -0.15) is 0 Å². The van der Waals surface area contributed by atoms with E-state index < -0.39 is 29.9 Å². The summed E-state index contributed by atoms with van der Waals surface area (Å²) in [5.41, 5.74) is 0.250. The molecule has 0 aliphatic heterocycles. The number of benzene rings is 1. The van der Waals surface area contributed by atoms with Gasteiger partial charge in [-0.25, -0.2) is 9.59 Å². The van der Waals surface area contributed by atoms with Crippen LogP contribution in [0.25, 0.3) is 11.0 Å². The van der Waals surface area contributed by atoms with E-state index in [0.717, 1.165) is 12.3 Å². The first-order valence-electron chi connectivity index (χ1n) is 11.0. The molecule has 0 aliphatic rings. The summed E-state index contributed by atoms with van der Waals surface area (Å²) >= 11 is 0. The number of furan rings is 2. The number of hydrogen-bond donors (Lipinski definition) is 1. The highest BCUT2D eigenvalue weighted by Crippen LogP contribution is 2.43. The van der Waals surface area contributed by atoms with Crippen molar-refractivity contribution in [3.8, 4) is 5.75 Å². The fourth-order valence-corrected chi connectivity index (χ4v) is 3.49. The fourth-order valence-electron chi connectivity index (χ4n) is 3.49. The number of esters is 3. The molecule has 3 rings (SSSR count). The number of aliphatic hydroxyl groups excluding tert-OH is 1. The number of hydrogen-bond acceptors (Lipinski definition) is 10. The molecular weight excluding hydrogens is 460 g/mol. The molecule has 10 heteroatoms. The van der Waals surface area contributed by atoms with E-state index in [9.17, 15) is 19.5 Å². The second kappa shape index (κ2) is 11.9. The Balaban J connectivity index is 2.22. The summed E-state index contributed by atoms with van der Waals surface area (Å²) in [6.45, 7) is 5.26. The van der Waals surface area contributed by atoms with Crippen LogP contribution in [-0.4, -0.2) is 42.8 Å². The van der Waals surface area contributed by atoms with Gasteiger partial charge in [0.25, 0.3) is 0 Å². The molecule has 35 heavy (non-hydrogen) atoms. The van der Waals surface area contributed by atoms with Crippen molar-refractivity contribution < 1.29 is 47.3 Å². The molecule has 2 heterocycles. The van der Waals surface area contributed by atoms with Crippen LogP contribution in [-0.2, 0) is 23.8 Å². The van der Waals surface area contributed by atoms with Gasteiger partial charge < -0.3 is 32.9 Å². The lowest BCUT2D eigenvalue weighted by molar-refractivity contribution is -0.148. The summed E-state index contributed by atoms with van der Waals surface area (Å²) in [5.74, 6) is -3.41. The van der Waals surface area contributed by atoms with E-state index in [4.69, 9.17) is 27.8 Å². The standard InChI is InChI=1S/C25H26O10/c1-4-30-19(26)10-13-35-23-17(14-16(24(28)31-5-2)15-9-12-34-22(15)23)20(25(29)32-6-3)21(27)18-8-7-11-33-18/h7-14,20-21,27H,4-6H2,1-3H3/b13-10+/t20-,21-/m0/s1. The maximum atomic E-state index is 13.1. The van der Waals surface area contributed by atoms with Gasteiger partial charge in [0.2, 0.25) is 0 Å². The largest absolute Gasteiger partial charge is 0.467 e. The quantitative estimate of drug-likeness (QED) is 0.183. The molecule has 0 radical (unpaired) electrons. The Bertz CT molecular complexity index is 1190. The zero-order valence-electron chi connectivity index (χ0n) is 19.5.